The topological polar surface area (TPSA) is 45.2 Å². The lowest BCUT2D eigenvalue weighted by atomic mass is 10.1. The van der Waals surface area contributed by atoms with E-state index < -0.39 is 17.6 Å². The number of hydrogen-bond acceptors (Lipinski definition) is 3. The van der Waals surface area contributed by atoms with Crippen LogP contribution in [0, 0.1) is 6.92 Å². The van der Waals surface area contributed by atoms with Gasteiger partial charge < -0.3 is 10.2 Å². The van der Waals surface area contributed by atoms with Crippen LogP contribution in [0.15, 0.2) is 36.5 Å². The van der Waals surface area contributed by atoms with Crippen LogP contribution in [-0.4, -0.2) is 24.0 Å². The molecule has 1 amide bonds. The zero-order valence-electron chi connectivity index (χ0n) is 13.7. The van der Waals surface area contributed by atoms with E-state index >= 15 is 0 Å². The number of aryl methyl sites for hydroxylation is 1. The molecule has 25 heavy (non-hydrogen) atoms. The number of pyridine rings is 1. The molecule has 1 aromatic carbocycles. The Bertz CT molecular complexity index is 783. The van der Waals surface area contributed by atoms with E-state index in [0.29, 0.717) is 11.4 Å². The highest BCUT2D eigenvalue weighted by Gasteiger charge is 2.32. The van der Waals surface area contributed by atoms with Gasteiger partial charge in [0.1, 0.15) is 5.82 Å². The van der Waals surface area contributed by atoms with Gasteiger partial charge in [0, 0.05) is 25.0 Å². The smallest absolute Gasteiger partial charge is 0.356 e. The number of aromatic nitrogens is 1. The highest BCUT2D eigenvalue weighted by molar-refractivity contribution is 6.07. The van der Waals surface area contributed by atoms with E-state index in [-0.39, 0.29) is 11.3 Å². The van der Waals surface area contributed by atoms with Crippen molar-refractivity contribution in [1.82, 2.24) is 4.98 Å². The molecule has 1 aliphatic heterocycles. The van der Waals surface area contributed by atoms with E-state index in [1.165, 1.54) is 19.1 Å². The van der Waals surface area contributed by atoms with Crippen molar-refractivity contribution in [3.8, 4) is 0 Å². The second-order valence-electron chi connectivity index (χ2n) is 6.05. The highest BCUT2D eigenvalue weighted by Crippen LogP contribution is 2.33. The average Bonchev–Trinajstić information content (AvgIpc) is 3.10. The van der Waals surface area contributed by atoms with Crippen molar-refractivity contribution in [2.24, 2.45) is 0 Å². The molecule has 0 radical (unpaired) electrons. The number of halogens is 3. The van der Waals surface area contributed by atoms with Crippen LogP contribution < -0.4 is 10.2 Å². The molecule has 2 heterocycles. The zero-order valence-corrected chi connectivity index (χ0v) is 13.7. The summed E-state index contributed by atoms with van der Waals surface area (Å²) in [5.41, 5.74) is -0.168. The Kier molecular flexibility index (Phi) is 4.65. The monoisotopic (exact) mass is 349 g/mol. The second-order valence-corrected chi connectivity index (χ2v) is 6.05. The summed E-state index contributed by atoms with van der Waals surface area (Å²) in [4.78, 5) is 18.9. The Morgan fingerprint density at radius 2 is 1.92 bits per heavy atom. The van der Waals surface area contributed by atoms with E-state index in [2.05, 4.69) is 10.3 Å². The average molecular weight is 349 g/mol. The lowest BCUT2D eigenvalue weighted by Crippen LogP contribution is -2.24. The lowest BCUT2D eigenvalue weighted by Gasteiger charge is -2.19. The third-order valence-electron chi connectivity index (χ3n) is 4.24. The van der Waals surface area contributed by atoms with Crippen molar-refractivity contribution in [1.29, 1.82) is 0 Å². The SMILES string of the molecule is Cc1ccc(NC(=O)c2cccnc2N2CCCC2)cc1C(F)(F)F. The first-order chi connectivity index (χ1) is 11.9. The Balaban J connectivity index is 1.86. The van der Waals surface area contributed by atoms with E-state index in [1.54, 1.807) is 18.3 Å². The molecule has 0 atom stereocenters. The molecule has 2 aromatic rings. The zero-order chi connectivity index (χ0) is 18.0. The van der Waals surface area contributed by atoms with Crippen LogP contribution in [0.2, 0.25) is 0 Å². The van der Waals surface area contributed by atoms with Gasteiger partial charge in [-0.15, -0.1) is 0 Å². The quantitative estimate of drug-likeness (QED) is 0.900. The number of alkyl halides is 3. The molecule has 1 N–H and O–H groups in total. The standard InChI is InChI=1S/C18H18F3N3O/c1-12-6-7-13(11-15(12)18(19,20)21)23-17(25)14-5-4-8-22-16(14)24-9-2-3-10-24/h4-8,11H,2-3,9-10H2,1H3,(H,23,25). The van der Waals surface area contributed by atoms with Gasteiger partial charge in [-0.05, 0) is 49.6 Å². The maximum atomic E-state index is 13.0. The van der Waals surface area contributed by atoms with Crippen LogP contribution in [-0.2, 0) is 6.18 Å². The van der Waals surface area contributed by atoms with Crippen molar-refractivity contribution in [2.75, 3.05) is 23.3 Å². The summed E-state index contributed by atoms with van der Waals surface area (Å²) in [5, 5.41) is 2.56. The Morgan fingerprint density at radius 1 is 1.20 bits per heavy atom. The minimum atomic E-state index is -4.46. The van der Waals surface area contributed by atoms with E-state index in [0.717, 1.165) is 32.0 Å². The van der Waals surface area contributed by atoms with Crippen LogP contribution in [0.3, 0.4) is 0 Å². The molecule has 0 aliphatic carbocycles. The summed E-state index contributed by atoms with van der Waals surface area (Å²) < 4.78 is 39.1. The van der Waals surface area contributed by atoms with Crippen molar-refractivity contribution < 1.29 is 18.0 Å². The van der Waals surface area contributed by atoms with Gasteiger partial charge in [0.05, 0.1) is 11.1 Å². The first kappa shape index (κ1) is 17.3. The number of carbonyl (C=O) groups excluding carboxylic acids is 1. The van der Waals surface area contributed by atoms with Crippen LogP contribution in [0.25, 0.3) is 0 Å². The molecule has 1 fully saturated rings. The Hall–Kier alpha value is -2.57. The molecule has 3 rings (SSSR count). The normalized spacial score (nSPS) is 14.6. The van der Waals surface area contributed by atoms with Crippen molar-refractivity contribution in [2.45, 2.75) is 25.9 Å². The molecule has 1 aliphatic rings. The molecule has 4 nitrogen and oxygen atoms in total. The number of carbonyl (C=O) groups is 1. The first-order valence-electron chi connectivity index (χ1n) is 8.05. The fourth-order valence-electron chi connectivity index (χ4n) is 2.96. The second kappa shape index (κ2) is 6.74. The van der Waals surface area contributed by atoms with Crippen LogP contribution >= 0.6 is 0 Å². The van der Waals surface area contributed by atoms with Gasteiger partial charge in [0.25, 0.3) is 5.91 Å². The van der Waals surface area contributed by atoms with Gasteiger partial charge in [-0.1, -0.05) is 6.07 Å². The van der Waals surface area contributed by atoms with Crippen LogP contribution in [0.1, 0.15) is 34.3 Å². The number of nitrogens with zero attached hydrogens (tertiary/aromatic N) is 2. The van der Waals surface area contributed by atoms with Crippen molar-refractivity contribution >= 4 is 17.4 Å². The van der Waals surface area contributed by atoms with Gasteiger partial charge >= 0.3 is 6.18 Å². The third-order valence-corrected chi connectivity index (χ3v) is 4.24. The van der Waals surface area contributed by atoms with E-state index in [9.17, 15) is 18.0 Å². The minimum absolute atomic E-state index is 0.110. The molecule has 0 unspecified atom stereocenters. The molecule has 0 saturated carbocycles. The summed E-state index contributed by atoms with van der Waals surface area (Å²) >= 11 is 0. The summed E-state index contributed by atoms with van der Waals surface area (Å²) in [5.74, 6) is 0.104. The van der Waals surface area contributed by atoms with Gasteiger partial charge in [-0.3, -0.25) is 4.79 Å². The summed E-state index contributed by atoms with van der Waals surface area (Å²) in [6.07, 6.45) is -0.785. The van der Waals surface area contributed by atoms with Gasteiger partial charge in [0.15, 0.2) is 0 Å². The maximum Gasteiger partial charge on any atom is 0.416 e. The maximum absolute atomic E-state index is 13.0. The summed E-state index contributed by atoms with van der Waals surface area (Å²) in [7, 11) is 0. The van der Waals surface area contributed by atoms with E-state index in [4.69, 9.17) is 0 Å². The number of hydrogen-bond donors (Lipinski definition) is 1. The molecular weight excluding hydrogens is 331 g/mol. The fraction of sp³-hybridized carbons (Fsp3) is 0.333. The van der Waals surface area contributed by atoms with Crippen LogP contribution in [0.4, 0.5) is 24.7 Å². The third kappa shape index (κ3) is 3.75. The van der Waals surface area contributed by atoms with Gasteiger partial charge in [-0.25, -0.2) is 4.98 Å². The fourth-order valence-corrected chi connectivity index (χ4v) is 2.96. The van der Waals surface area contributed by atoms with Crippen molar-refractivity contribution in [3.05, 3.63) is 53.2 Å². The highest BCUT2D eigenvalue weighted by atomic mass is 19.4. The largest absolute Gasteiger partial charge is 0.416 e. The Labute approximate surface area is 143 Å². The molecule has 1 aromatic heterocycles. The first-order valence-corrected chi connectivity index (χ1v) is 8.05. The predicted octanol–water partition coefficient (Wildman–Crippen LogP) is 4.26. The number of anilines is 2. The number of benzene rings is 1. The lowest BCUT2D eigenvalue weighted by molar-refractivity contribution is -0.138. The number of amides is 1. The molecule has 0 spiro atoms. The molecular formula is C18H18F3N3O. The summed E-state index contributed by atoms with van der Waals surface area (Å²) in [6.45, 7) is 3.03. The molecule has 7 heteroatoms. The number of nitrogens with one attached hydrogen (secondary N) is 1. The minimum Gasteiger partial charge on any atom is -0.356 e. The molecule has 1 saturated heterocycles. The molecule has 0 bridgehead atoms. The summed E-state index contributed by atoms with van der Waals surface area (Å²) in [6, 6.07) is 7.05. The van der Waals surface area contributed by atoms with Gasteiger partial charge in [-0.2, -0.15) is 13.2 Å². The Morgan fingerprint density at radius 3 is 2.60 bits per heavy atom. The van der Waals surface area contributed by atoms with Crippen molar-refractivity contribution in [3.63, 3.8) is 0 Å². The van der Waals surface area contributed by atoms with Gasteiger partial charge in [0.2, 0.25) is 0 Å². The van der Waals surface area contributed by atoms with Crippen LogP contribution in [0.5, 0.6) is 0 Å². The predicted molar refractivity (Wildman–Crippen MR) is 89.8 cm³/mol. The molecule has 132 valence electrons. The van der Waals surface area contributed by atoms with E-state index in [1.807, 2.05) is 4.90 Å². The number of rotatable bonds is 3.